The van der Waals surface area contributed by atoms with Crippen molar-refractivity contribution in [3.63, 3.8) is 0 Å². The molecule has 1 heterocycles. The van der Waals surface area contributed by atoms with E-state index in [2.05, 4.69) is 0 Å². The standard InChI is InChI=1S/C19H16N2O2/c20-11-15-9-14(10-16(18(15)22)12-5-6-12)19(23)21-8-7-13-3-1-2-4-17(13)21/h1-4,9-10,12,22H,5-8H2. The largest absolute Gasteiger partial charge is 0.506 e. The van der Waals surface area contributed by atoms with E-state index in [0.29, 0.717) is 12.1 Å². The van der Waals surface area contributed by atoms with E-state index >= 15 is 0 Å². The number of amides is 1. The molecule has 1 N–H and O–H groups in total. The van der Waals surface area contributed by atoms with Gasteiger partial charge in [-0.3, -0.25) is 4.79 Å². The van der Waals surface area contributed by atoms with Crippen molar-refractivity contribution >= 4 is 11.6 Å². The highest BCUT2D eigenvalue weighted by atomic mass is 16.3. The van der Waals surface area contributed by atoms with E-state index in [1.165, 1.54) is 11.6 Å². The zero-order valence-corrected chi connectivity index (χ0v) is 12.6. The molecule has 1 aliphatic heterocycles. The fraction of sp³-hybridized carbons (Fsp3) is 0.263. The van der Waals surface area contributed by atoms with Crippen LogP contribution in [0, 0.1) is 11.3 Å². The number of phenolic OH excluding ortho intramolecular Hbond substituents is 1. The summed E-state index contributed by atoms with van der Waals surface area (Å²) in [5.41, 5.74) is 3.52. The van der Waals surface area contributed by atoms with Crippen molar-refractivity contribution in [1.82, 2.24) is 0 Å². The van der Waals surface area contributed by atoms with Crippen molar-refractivity contribution < 1.29 is 9.90 Å². The Hall–Kier alpha value is -2.80. The predicted molar refractivity (Wildman–Crippen MR) is 86.6 cm³/mol. The molecule has 0 spiro atoms. The summed E-state index contributed by atoms with van der Waals surface area (Å²) in [6.45, 7) is 0.652. The minimum atomic E-state index is -0.103. The lowest BCUT2D eigenvalue weighted by Gasteiger charge is -2.18. The maximum absolute atomic E-state index is 12.9. The summed E-state index contributed by atoms with van der Waals surface area (Å²) in [5, 5.41) is 19.4. The number of rotatable bonds is 2. The molecule has 4 rings (SSSR count). The summed E-state index contributed by atoms with van der Waals surface area (Å²) in [5.74, 6) is 0.211. The van der Waals surface area contributed by atoms with Crippen LogP contribution in [0.1, 0.15) is 45.8 Å². The molecule has 1 saturated carbocycles. The molecule has 114 valence electrons. The van der Waals surface area contributed by atoms with Gasteiger partial charge in [0.05, 0.1) is 5.56 Å². The summed E-state index contributed by atoms with van der Waals surface area (Å²) >= 11 is 0. The topological polar surface area (TPSA) is 64.3 Å². The maximum atomic E-state index is 12.9. The van der Waals surface area contributed by atoms with Gasteiger partial charge in [-0.15, -0.1) is 0 Å². The molecule has 0 radical (unpaired) electrons. The Morgan fingerprint density at radius 3 is 2.78 bits per heavy atom. The highest BCUT2D eigenvalue weighted by Crippen LogP contribution is 2.45. The molecule has 0 atom stereocenters. The van der Waals surface area contributed by atoms with E-state index in [1.807, 2.05) is 30.3 Å². The van der Waals surface area contributed by atoms with Gasteiger partial charge in [0.15, 0.2) is 0 Å². The molecular weight excluding hydrogens is 288 g/mol. The average Bonchev–Trinajstić information content (AvgIpc) is 3.33. The first kappa shape index (κ1) is 13.8. The van der Waals surface area contributed by atoms with Crippen LogP contribution in [0.4, 0.5) is 5.69 Å². The molecule has 2 aromatic rings. The Kier molecular flexibility index (Phi) is 3.09. The summed E-state index contributed by atoms with van der Waals surface area (Å²) in [6, 6.07) is 13.2. The lowest BCUT2D eigenvalue weighted by molar-refractivity contribution is 0.0989. The number of anilines is 1. The molecule has 0 saturated heterocycles. The van der Waals surface area contributed by atoms with Crippen molar-refractivity contribution in [2.75, 3.05) is 11.4 Å². The number of benzene rings is 2. The SMILES string of the molecule is N#Cc1cc(C(=O)N2CCc3ccccc32)cc(C2CC2)c1O. The minimum Gasteiger partial charge on any atom is -0.506 e. The first-order chi connectivity index (χ1) is 11.2. The fourth-order valence-corrected chi connectivity index (χ4v) is 3.28. The summed E-state index contributed by atoms with van der Waals surface area (Å²) < 4.78 is 0. The van der Waals surface area contributed by atoms with Gasteiger partial charge in [0.25, 0.3) is 5.91 Å². The molecule has 1 amide bonds. The number of hydrogen-bond acceptors (Lipinski definition) is 3. The van der Waals surface area contributed by atoms with E-state index < -0.39 is 0 Å². The second kappa shape index (κ2) is 5.13. The fourth-order valence-electron chi connectivity index (χ4n) is 3.28. The summed E-state index contributed by atoms with van der Waals surface area (Å²) in [6.07, 6.45) is 2.85. The molecule has 23 heavy (non-hydrogen) atoms. The van der Waals surface area contributed by atoms with Crippen LogP contribution < -0.4 is 4.90 Å². The van der Waals surface area contributed by atoms with E-state index in [4.69, 9.17) is 0 Å². The van der Waals surface area contributed by atoms with Gasteiger partial charge in [-0.25, -0.2) is 0 Å². The minimum absolute atomic E-state index is 0.0355. The highest BCUT2D eigenvalue weighted by molar-refractivity contribution is 6.07. The van der Waals surface area contributed by atoms with Gasteiger partial charge < -0.3 is 10.0 Å². The molecule has 0 unspecified atom stereocenters. The zero-order valence-electron chi connectivity index (χ0n) is 12.6. The number of fused-ring (bicyclic) bond motifs is 1. The van der Waals surface area contributed by atoms with Crippen molar-refractivity contribution in [2.24, 2.45) is 0 Å². The maximum Gasteiger partial charge on any atom is 0.258 e. The Balaban J connectivity index is 1.75. The van der Waals surface area contributed by atoms with Crippen LogP contribution in [-0.4, -0.2) is 17.6 Å². The highest BCUT2D eigenvalue weighted by Gasteiger charge is 2.31. The van der Waals surface area contributed by atoms with Gasteiger partial charge in [0.1, 0.15) is 11.8 Å². The van der Waals surface area contributed by atoms with E-state index in [-0.39, 0.29) is 23.1 Å². The van der Waals surface area contributed by atoms with E-state index in [0.717, 1.165) is 30.5 Å². The van der Waals surface area contributed by atoms with Crippen molar-refractivity contribution in [1.29, 1.82) is 5.26 Å². The molecule has 0 bridgehead atoms. The molecule has 4 heteroatoms. The van der Waals surface area contributed by atoms with E-state index in [9.17, 15) is 15.2 Å². The number of carbonyl (C=O) groups excluding carboxylic acids is 1. The number of carbonyl (C=O) groups is 1. The molecule has 1 aliphatic carbocycles. The van der Waals surface area contributed by atoms with Gasteiger partial charge in [0.2, 0.25) is 0 Å². The molecule has 1 fully saturated rings. The molecule has 2 aliphatic rings. The summed E-state index contributed by atoms with van der Waals surface area (Å²) in [4.78, 5) is 14.7. The first-order valence-electron chi connectivity index (χ1n) is 7.86. The normalized spacial score (nSPS) is 16.0. The number of hydrogen-bond donors (Lipinski definition) is 1. The third-order valence-electron chi connectivity index (χ3n) is 4.66. The van der Waals surface area contributed by atoms with Gasteiger partial charge in [-0.05, 0) is 54.5 Å². The average molecular weight is 304 g/mol. The Morgan fingerprint density at radius 2 is 2.04 bits per heavy atom. The Bertz CT molecular complexity index is 847. The number of aromatic hydroxyl groups is 1. The van der Waals surface area contributed by atoms with Crippen LogP contribution in [0.3, 0.4) is 0 Å². The number of nitrogens with zero attached hydrogens (tertiary/aromatic N) is 2. The summed E-state index contributed by atoms with van der Waals surface area (Å²) in [7, 11) is 0. The van der Waals surface area contributed by atoms with Gasteiger partial charge >= 0.3 is 0 Å². The lowest BCUT2D eigenvalue weighted by Crippen LogP contribution is -2.29. The van der Waals surface area contributed by atoms with Crippen molar-refractivity contribution in [3.8, 4) is 11.8 Å². The lowest BCUT2D eigenvalue weighted by atomic mass is 10.0. The molecule has 2 aromatic carbocycles. The Labute approximate surface area is 134 Å². The van der Waals surface area contributed by atoms with Crippen molar-refractivity contribution in [3.05, 3.63) is 58.7 Å². The molecular formula is C19H16N2O2. The van der Waals surface area contributed by atoms with Gasteiger partial charge in [-0.1, -0.05) is 18.2 Å². The number of nitriles is 1. The second-order valence-electron chi connectivity index (χ2n) is 6.18. The van der Waals surface area contributed by atoms with Gasteiger partial charge in [-0.2, -0.15) is 5.26 Å². The molecule has 4 nitrogen and oxygen atoms in total. The van der Waals surface area contributed by atoms with Crippen LogP contribution in [0.2, 0.25) is 0 Å². The van der Waals surface area contributed by atoms with Crippen LogP contribution in [-0.2, 0) is 6.42 Å². The number of para-hydroxylation sites is 1. The quantitative estimate of drug-likeness (QED) is 0.925. The van der Waals surface area contributed by atoms with Crippen LogP contribution in [0.15, 0.2) is 36.4 Å². The Morgan fingerprint density at radius 1 is 1.26 bits per heavy atom. The van der Waals surface area contributed by atoms with E-state index in [1.54, 1.807) is 11.0 Å². The smallest absolute Gasteiger partial charge is 0.258 e. The monoisotopic (exact) mass is 304 g/mol. The van der Waals surface area contributed by atoms with Crippen molar-refractivity contribution in [2.45, 2.75) is 25.2 Å². The third-order valence-corrected chi connectivity index (χ3v) is 4.66. The second-order valence-corrected chi connectivity index (χ2v) is 6.18. The van der Waals surface area contributed by atoms with Crippen LogP contribution in [0.25, 0.3) is 0 Å². The van der Waals surface area contributed by atoms with Crippen LogP contribution in [0.5, 0.6) is 5.75 Å². The molecule has 0 aromatic heterocycles. The zero-order chi connectivity index (χ0) is 16.0. The first-order valence-corrected chi connectivity index (χ1v) is 7.86. The van der Waals surface area contributed by atoms with Crippen LogP contribution >= 0.6 is 0 Å². The third kappa shape index (κ3) is 2.25. The predicted octanol–water partition coefficient (Wildman–Crippen LogP) is 3.34. The number of phenols is 1. The van der Waals surface area contributed by atoms with Gasteiger partial charge in [0, 0.05) is 17.8 Å².